The van der Waals surface area contributed by atoms with Gasteiger partial charge in [-0.25, -0.2) is 0 Å². The summed E-state index contributed by atoms with van der Waals surface area (Å²) >= 11 is 2.94. The average molecular weight is 208 g/mol. The Labute approximate surface area is 52.4 Å². The summed E-state index contributed by atoms with van der Waals surface area (Å²) < 4.78 is 7.81. The van der Waals surface area contributed by atoms with Gasteiger partial charge in [0.2, 0.25) is 0 Å². The Bertz CT molecular complexity index is 6.00. The van der Waals surface area contributed by atoms with Crippen LogP contribution in [0.4, 0.5) is 0 Å². The molecule has 0 N–H and O–H groups in total. The monoisotopic (exact) mass is 209 g/mol. The fraction of sp³-hybridized carbons (Fsp3) is 0. The molecule has 0 radical (unpaired) electrons. The van der Waals surface area contributed by atoms with Gasteiger partial charge in [-0.2, -0.15) is 0 Å². The van der Waals surface area contributed by atoms with E-state index in [-0.39, 0.29) is 32.8 Å². The first-order chi connectivity index (χ1) is 1.00. The summed E-state index contributed by atoms with van der Waals surface area (Å²) in [5.41, 5.74) is 0. The van der Waals surface area contributed by atoms with Crippen molar-refractivity contribution >= 4 is 0 Å². The molecule has 0 bridgehead atoms. The van der Waals surface area contributed by atoms with Crippen LogP contribution in [0.1, 0.15) is 0 Å². The Kier molecular flexibility index (Phi) is 141. The van der Waals surface area contributed by atoms with E-state index in [4.69, 9.17) is 3.83 Å². The van der Waals surface area contributed by atoms with Crippen molar-refractivity contribution < 1.29 is 52.6 Å². The van der Waals surface area contributed by atoms with Crippen molar-refractivity contribution in [3.05, 3.63) is 0 Å². The van der Waals surface area contributed by atoms with Gasteiger partial charge in [-0.15, -0.1) is 0 Å². The van der Waals surface area contributed by atoms with E-state index in [1.54, 1.807) is 0 Å². The van der Waals surface area contributed by atoms with Crippen LogP contribution in [0, 0.1) is 0 Å². The Hall–Kier alpha value is 1.20. The molecule has 25 valence electrons. The quantitative estimate of drug-likeness (QED) is 0.506. The van der Waals surface area contributed by atoms with E-state index < -0.39 is 0 Å². The molecule has 0 aliphatic heterocycles. The van der Waals surface area contributed by atoms with Crippen LogP contribution in [0.25, 0.3) is 0 Å². The van der Waals surface area contributed by atoms with Crippen LogP contribution in [0.2, 0.25) is 0 Å². The number of hydrogen-bond donors (Lipinski definition) is 0. The maximum absolute atomic E-state index is 7.81. The molecule has 0 unspecified atom stereocenters. The molecule has 0 aliphatic carbocycles. The van der Waals surface area contributed by atoms with Crippen molar-refractivity contribution in [3.63, 3.8) is 0 Å². The summed E-state index contributed by atoms with van der Waals surface area (Å²) in [7, 11) is 0. The van der Waals surface area contributed by atoms with Crippen LogP contribution < -0.4 is 0 Å². The second-order valence-electron chi connectivity index (χ2n) is 0. The van der Waals surface area contributed by atoms with Gasteiger partial charge in [0, 0.05) is 0 Å². The Morgan fingerprint density at radius 3 is 1.25 bits per heavy atom. The molecule has 0 fully saturated rings. The molecule has 0 amide bonds. The van der Waals surface area contributed by atoms with Crippen molar-refractivity contribution in [1.82, 2.24) is 0 Å². The summed E-state index contributed by atoms with van der Waals surface area (Å²) in [5.74, 6) is 0. The third-order valence-corrected chi connectivity index (χ3v) is 0. The van der Waals surface area contributed by atoms with Crippen LogP contribution in [-0.4, -0.2) is 0 Å². The summed E-state index contributed by atoms with van der Waals surface area (Å²) in [6, 6.07) is 0. The van der Waals surface area contributed by atoms with E-state index in [1.165, 1.54) is 0 Å². The Morgan fingerprint density at radius 1 is 1.25 bits per heavy atom. The standard InChI is InChI=1S/Cd.Cu.2O/q+2;;;-2. The third kappa shape index (κ3) is 10.7. The molecule has 2 nitrogen and oxygen atoms in total. The fourth-order valence-corrected chi connectivity index (χ4v) is 0. The van der Waals surface area contributed by atoms with Crippen molar-refractivity contribution in [1.29, 1.82) is 0 Å². The van der Waals surface area contributed by atoms with E-state index in [0.717, 1.165) is 0 Å². The molecule has 0 aromatic carbocycles. The third-order valence-electron chi connectivity index (χ3n) is 0. The molecule has 0 atom stereocenters. The molecule has 0 aliphatic rings. The van der Waals surface area contributed by atoms with Crippen LogP contribution in [-0.2, 0) is 52.6 Å². The second kappa shape index (κ2) is 29.8. The van der Waals surface area contributed by atoms with E-state index >= 15 is 0 Å². The van der Waals surface area contributed by atoms with Gasteiger partial charge in [-0.3, -0.25) is 0 Å². The van der Waals surface area contributed by atoms with E-state index in [1.807, 2.05) is 0 Å². The predicted octanol–water partition coefficient (Wildman–Crippen LogP) is -0.243. The molecule has 4 heteroatoms. The molecule has 0 saturated carbocycles. The number of rotatable bonds is 0. The first kappa shape index (κ1) is 18.9. The van der Waals surface area contributed by atoms with Crippen molar-refractivity contribution in [3.8, 4) is 0 Å². The van der Waals surface area contributed by atoms with Gasteiger partial charge in [-0.05, 0) is 0 Å². The van der Waals surface area contributed by atoms with Crippen LogP contribution in [0.5, 0.6) is 0 Å². The summed E-state index contributed by atoms with van der Waals surface area (Å²) in [6.45, 7) is 0. The first-order valence-corrected chi connectivity index (χ1v) is 0.508. The number of hydrogen-bond acceptors (Lipinski definition) is 1. The van der Waals surface area contributed by atoms with Crippen molar-refractivity contribution in [2.45, 2.75) is 0 Å². The minimum absolute atomic E-state index is 0. The van der Waals surface area contributed by atoms with Gasteiger partial charge in [0.15, 0.2) is 0 Å². The molecular weight excluding hydrogens is 208 g/mol. The first-order valence-electron chi connectivity index (χ1n) is 0.123. The average Bonchev–Trinajstić information content (AvgIpc) is 1.00. The normalized spacial score (nSPS) is 1.50. The summed E-state index contributed by atoms with van der Waals surface area (Å²) in [5, 5.41) is 0. The topological polar surface area (TPSA) is 45.6 Å². The molecule has 4 heavy (non-hydrogen) atoms. The molecule has 0 aromatic rings. The molecular formula is CdCuO2. The Balaban J connectivity index is -0.00000000500. The van der Waals surface area contributed by atoms with Crippen LogP contribution in [0.3, 0.4) is 0 Å². The van der Waals surface area contributed by atoms with Gasteiger partial charge in [-0.1, -0.05) is 0 Å². The minimum atomic E-state index is 0. The van der Waals surface area contributed by atoms with Gasteiger partial charge >= 0.3 is 47.1 Å². The van der Waals surface area contributed by atoms with E-state index in [0.29, 0.717) is 0 Å². The maximum atomic E-state index is 7.81. The zero-order chi connectivity index (χ0) is 2.00. The molecule has 0 spiro atoms. The van der Waals surface area contributed by atoms with Gasteiger partial charge in [0.05, 0.1) is 0 Å². The van der Waals surface area contributed by atoms with Gasteiger partial charge in [0.25, 0.3) is 0 Å². The zero-order valence-corrected chi connectivity index (χ0v) is 6.80. The van der Waals surface area contributed by atoms with E-state index in [2.05, 4.69) is 15.9 Å². The summed E-state index contributed by atoms with van der Waals surface area (Å²) in [6.07, 6.45) is 0. The van der Waals surface area contributed by atoms with Crippen molar-refractivity contribution in [2.75, 3.05) is 0 Å². The zero-order valence-electron chi connectivity index (χ0n) is 1.83. The summed E-state index contributed by atoms with van der Waals surface area (Å²) in [4.78, 5) is 0. The van der Waals surface area contributed by atoms with Crippen LogP contribution in [0.15, 0.2) is 0 Å². The van der Waals surface area contributed by atoms with Gasteiger partial charge in [0.1, 0.15) is 0 Å². The molecule has 0 rings (SSSR count). The van der Waals surface area contributed by atoms with E-state index in [9.17, 15) is 0 Å². The van der Waals surface area contributed by atoms with Gasteiger partial charge < -0.3 is 5.48 Å². The molecule has 0 aromatic heterocycles. The fourth-order valence-electron chi connectivity index (χ4n) is 0. The van der Waals surface area contributed by atoms with Crippen LogP contribution >= 0.6 is 0 Å². The Morgan fingerprint density at radius 2 is 1.25 bits per heavy atom. The molecule has 0 heterocycles. The van der Waals surface area contributed by atoms with Crippen molar-refractivity contribution in [2.24, 2.45) is 0 Å². The second-order valence-corrected chi connectivity index (χ2v) is 0. The molecule has 0 saturated heterocycles. The SMILES string of the molecule is [Cd+2].[O-2].[O]=[Cu]. The predicted molar refractivity (Wildman–Crippen MR) is 1.37 cm³/mol.